The maximum Gasteiger partial charge on any atom is 0.262 e. The number of hydrogen-bond donors (Lipinski definition) is 2. The summed E-state index contributed by atoms with van der Waals surface area (Å²) >= 11 is 6.44. The van der Waals surface area contributed by atoms with Gasteiger partial charge in [0, 0.05) is 5.69 Å². The van der Waals surface area contributed by atoms with Crippen LogP contribution in [0.3, 0.4) is 0 Å². The summed E-state index contributed by atoms with van der Waals surface area (Å²) in [5.41, 5.74) is 1.95. The molecule has 184 valence electrons. The van der Waals surface area contributed by atoms with Crippen LogP contribution in [-0.2, 0) is 9.59 Å². The lowest BCUT2D eigenvalue weighted by Crippen LogP contribution is -2.27. The molecule has 3 aromatic rings. The molecule has 0 aliphatic heterocycles. The highest BCUT2D eigenvalue weighted by molar-refractivity contribution is 6.32. The zero-order chi connectivity index (χ0) is 25.9. The molecule has 0 bridgehead atoms. The van der Waals surface area contributed by atoms with Gasteiger partial charge in [0.1, 0.15) is 11.6 Å². The summed E-state index contributed by atoms with van der Waals surface area (Å²) in [6.45, 7) is 3.66. The Morgan fingerprint density at radius 1 is 1.06 bits per heavy atom. The molecule has 2 N–H and O–H groups in total. The SMILES string of the molecule is CCOc1cc(/C=C(/C#N)C(=O)N[C@H](C)c2ccccc2)cc(Cl)c1OCC(=O)Nc1ccccc1. The van der Waals surface area contributed by atoms with E-state index in [2.05, 4.69) is 10.6 Å². The number of anilines is 1. The summed E-state index contributed by atoms with van der Waals surface area (Å²) in [4.78, 5) is 25.0. The van der Waals surface area contributed by atoms with Gasteiger partial charge < -0.3 is 20.1 Å². The monoisotopic (exact) mass is 503 g/mol. The van der Waals surface area contributed by atoms with Crippen molar-refractivity contribution in [1.82, 2.24) is 5.32 Å². The Bertz CT molecular complexity index is 1270. The summed E-state index contributed by atoms with van der Waals surface area (Å²) in [6, 6.07) is 23.2. The number of nitrogens with one attached hydrogen (secondary N) is 2. The maximum atomic E-state index is 12.7. The third kappa shape index (κ3) is 7.36. The third-order valence-electron chi connectivity index (χ3n) is 5.06. The van der Waals surface area contributed by atoms with E-state index in [4.69, 9.17) is 21.1 Å². The number of hydrogen-bond acceptors (Lipinski definition) is 5. The van der Waals surface area contributed by atoms with E-state index in [0.717, 1.165) is 5.56 Å². The molecule has 0 fully saturated rings. The average molecular weight is 504 g/mol. The highest BCUT2D eigenvalue weighted by Crippen LogP contribution is 2.37. The zero-order valence-corrected chi connectivity index (χ0v) is 20.7. The lowest BCUT2D eigenvalue weighted by Gasteiger charge is -2.15. The van der Waals surface area contributed by atoms with Gasteiger partial charge in [-0.15, -0.1) is 0 Å². The number of halogens is 1. The van der Waals surface area contributed by atoms with E-state index >= 15 is 0 Å². The largest absolute Gasteiger partial charge is 0.490 e. The van der Waals surface area contributed by atoms with Crippen LogP contribution in [0, 0.1) is 11.3 Å². The Morgan fingerprint density at radius 3 is 2.36 bits per heavy atom. The van der Waals surface area contributed by atoms with Crippen molar-refractivity contribution in [1.29, 1.82) is 5.26 Å². The minimum atomic E-state index is -0.513. The van der Waals surface area contributed by atoms with E-state index in [9.17, 15) is 14.9 Å². The fourth-order valence-corrected chi connectivity index (χ4v) is 3.62. The minimum Gasteiger partial charge on any atom is -0.490 e. The lowest BCUT2D eigenvalue weighted by molar-refractivity contribution is -0.118. The van der Waals surface area contributed by atoms with Gasteiger partial charge in [-0.1, -0.05) is 60.1 Å². The molecular weight excluding hydrogens is 478 g/mol. The van der Waals surface area contributed by atoms with Gasteiger partial charge in [-0.25, -0.2) is 0 Å². The Kier molecular flexibility index (Phi) is 9.49. The number of rotatable bonds is 10. The molecule has 0 aromatic heterocycles. The van der Waals surface area contributed by atoms with Gasteiger partial charge in [-0.3, -0.25) is 9.59 Å². The molecule has 0 radical (unpaired) electrons. The first kappa shape index (κ1) is 26.3. The molecule has 3 aromatic carbocycles. The molecule has 0 unspecified atom stereocenters. The second kappa shape index (κ2) is 13.0. The van der Waals surface area contributed by atoms with Crippen molar-refractivity contribution in [3.05, 3.63) is 94.5 Å². The number of carbonyl (C=O) groups is 2. The number of para-hydroxylation sites is 1. The predicted octanol–water partition coefficient (Wildman–Crippen LogP) is 5.54. The molecule has 0 heterocycles. The number of ether oxygens (including phenoxy) is 2. The highest BCUT2D eigenvalue weighted by atomic mass is 35.5. The van der Waals surface area contributed by atoms with E-state index in [0.29, 0.717) is 23.6 Å². The van der Waals surface area contributed by atoms with E-state index in [-0.39, 0.29) is 34.9 Å². The van der Waals surface area contributed by atoms with Crippen molar-refractivity contribution in [2.75, 3.05) is 18.5 Å². The molecule has 0 spiro atoms. The van der Waals surface area contributed by atoms with Gasteiger partial charge in [0.15, 0.2) is 18.1 Å². The summed E-state index contributed by atoms with van der Waals surface area (Å²) in [6.07, 6.45) is 1.42. The van der Waals surface area contributed by atoms with E-state index in [1.54, 1.807) is 31.2 Å². The molecule has 7 nitrogen and oxygen atoms in total. The standard InChI is InChI=1S/C28H26ClN3O4/c1-3-35-25-16-20(14-22(17-30)28(34)31-19(2)21-10-6-4-7-11-21)15-24(29)27(25)36-18-26(33)32-23-12-8-5-9-13-23/h4-16,19H,3,18H2,1-2H3,(H,31,34)(H,32,33)/b22-14-/t19-/m1/s1. The molecule has 2 amide bonds. The fourth-order valence-electron chi connectivity index (χ4n) is 3.35. The Labute approximate surface area is 215 Å². The second-order valence-electron chi connectivity index (χ2n) is 7.74. The van der Waals surface area contributed by atoms with Crippen LogP contribution in [0.4, 0.5) is 5.69 Å². The number of nitriles is 1. The fraction of sp³-hybridized carbons (Fsp3) is 0.179. The number of nitrogens with zero attached hydrogens (tertiary/aromatic N) is 1. The van der Waals surface area contributed by atoms with Crippen LogP contribution < -0.4 is 20.1 Å². The van der Waals surface area contributed by atoms with Gasteiger partial charge in [0.05, 0.1) is 17.7 Å². The summed E-state index contributed by atoms with van der Waals surface area (Å²) in [5.74, 6) is -0.390. The zero-order valence-electron chi connectivity index (χ0n) is 20.0. The van der Waals surface area contributed by atoms with Crippen molar-refractivity contribution < 1.29 is 19.1 Å². The van der Waals surface area contributed by atoms with Crippen molar-refractivity contribution >= 4 is 35.2 Å². The van der Waals surface area contributed by atoms with E-state index in [1.807, 2.05) is 61.5 Å². The van der Waals surface area contributed by atoms with Crippen molar-refractivity contribution in [3.63, 3.8) is 0 Å². The van der Waals surface area contributed by atoms with Gasteiger partial charge in [-0.2, -0.15) is 5.26 Å². The van der Waals surface area contributed by atoms with Crippen molar-refractivity contribution in [2.24, 2.45) is 0 Å². The molecule has 8 heteroatoms. The Hall–Kier alpha value is -4.28. The predicted molar refractivity (Wildman–Crippen MR) is 140 cm³/mol. The molecule has 0 saturated carbocycles. The normalized spacial score (nSPS) is 11.7. The smallest absolute Gasteiger partial charge is 0.262 e. The van der Waals surface area contributed by atoms with Crippen LogP contribution >= 0.6 is 11.6 Å². The summed E-state index contributed by atoms with van der Waals surface area (Å²) in [7, 11) is 0. The maximum absolute atomic E-state index is 12.7. The minimum absolute atomic E-state index is 0.0906. The van der Waals surface area contributed by atoms with Crippen LogP contribution in [0.2, 0.25) is 5.02 Å². The van der Waals surface area contributed by atoms with E-state index < -0.39 is 5.91 Å². The van der Waals surface area contributed by atoms with Gasteiger partial charge in [0.2, 0.25) is 0 Å². The highest BCUT2D eigenvalue weighted by Gasteiger charge is 2.17. The van der Waals surface area contributed by atoms with Crippen LogP contribution in [0.1, 0.15) is 31.0 Å². The topological polar surface area (TPSA) is 100 Å². The molecule has 3 rings (SSSR count). The molecule has 0 aliphatic carbocycles. The molecule has 36 heavy (non-hydrogen) atoms. The first-order chi connectivity index (χ1) is 17.4. The van der Waals surface area contributed by atoms with Crippen LogP contribution in [-0.4, -0.2) is 25.0 Å². The number of carbonyl (C=O) groups excluding carboxylic acids is 2. The van der Waals surface area contributed by atoms with Crippen molar-refractivity contribution in [2.45, 2.75) is 19.9 Å². The van der Waals surface area contributed by atoms with E-state index in [1.165, 1.54) is 6.08 Å². The third-order valence-corrected chi connectivity index (χ3v) is 5.34. The lowest BCUT2D eigenvalue weighted by atomic mass is 10.1. The summed E-state index contributed by atoms with van der Waals surface area (Å²) < 4.78 is 11.3. The molecule has 0 saturated heterocycles. The van der Waals surface area contributed by atoms with Crippen LogP contribution in [0.15, 0.2) is 78.4 Å². The van der Waals surface area contributed by atoms with Crippen molar-refractivity contribution in [3.8, 4) is 17.6 Å². The molecule has 0 aliphatic rings. The Balaban J connectivity index is 1.75. The van der Waals surface area contributed by atoms with Crippen LogP contribution in [0.5, 0.6) is 11.5 Å². The van der Waals surface area contributed by atoms with Gasteiger partial charge >= 0.3 is 0 Å². The summed E-state index contributed by atoms with van der Waals surface area (Å²) in [5, 5.41) is 15.3. The average Bonchev–Trinajstić information content (AvgIpc) is 2.88. The first-order valence-electron chi connectivity index (χ1n) is 11.3. The molecular formula is C28H26ClN3O4. The number of benzene rings is 3. The van der Waals surface area contributed by atoms with Gasteiger partial charge in [-0.05, 0) is 55.3 Å². The second-order valence-corrected chi connectivity index (χ2v) is 8.15. The van der Waals surface area contributed by atoms with Gasteiger partial charge in [0.25, 0.3) is 11.8 Å². The Morgan fingerprint density at radius 2 is 1.72 bits per heavy atom. The number of amides is 2. The van der Waals surface area contributed by atoms with Crippen LogP contribution in [0.25, 0.3) is 6.08 Å². The molecule has 1 atom stereocenters. The quantitative estimate of drug-likeness (QED) is 0.279. The first-order valence-corrected chi connectivity index (χ1v) is 11.7.